The normalized spacial score (nSPS) is 14.6. The molecule has 0 bridgehead atoms. The molecule has 0 radical (unpaired) electrons. The Hall–Kier alpha value is -1.94. The molecular formula is C66H128O17P2. The molecule has 85 heavy (non-hydrogen) atoms. The summed E-state index contributed by atoms with van der Waals surface area (Å²) in [6.07, 6.45) is 42.2. The molecule has 0 rings (SSSR count). The summed E-state index contributed by atoms with van der Waals surface area (Å²) < 4.78 is 67.8. The highest BCUT2D eigenvalue weighted by molar-refractivity contribution is 7.47. The summed E-state index contributed by atoms with van der Waals surface area (Å²) in [6, 6.07) is 0. The highest BCUT2D eigenvalue weighted by atomic mass is 31.2. The van der Waals surface area contributed by atoms with E-state index in [1.807, 2.05) is 0 Å². The number of phosphoric acid groups is 2. The molecular weight excluding hydrogens is 1130 g/mol. The Bertz CT molecular complexity index is 1670. The molecule has 0 fully saturated rings. The van der Waals surface area contributed by atoms with Gasteiger partial charge in [0.1, 0.15) is 19.3 Å². The summed E-state index contributed by atoms with van der Waals surface area (Å²) in [5.41, 5.74) is 0. The standard InChI is InChI=1S/C66H128O17P2/c1-7-10-12-14-29-38-44-50-65(70)82-61(54-76-63(68)48-42-34-13-11-8-2)56-80-84(72,73)78-52-60(67)53-79-85(74,75)81-57-62(55-77-64(69)49-43-37-32-27-24-23-26-31-36-41-47-59(6)9-3)83-66(71)51-45-39-33-28-22-20-18-16-15-17-19-21-25-30-35-40-46-58(4)5/h58-62,67H,7-57H2,1-6H3,(H,72,73)(H,74,75)/t59?,60-,61+,62+/m0/s1. The maximum atomic E-state index is 13.0. The molecule has 0 aliphatic heterocycles. The van der Waals surface area contributed by atoms with E-state index >= 15 is 0 Å². The Morgan fingerprint density at radius 3 is 0.894 bits per heavy atom. The highest BCUT2D eigenvalue weighted by Crippen LogP contribution is 2.45. The van der Waals surface area contributed by atoms with Crippen LogP contribution in [-0.2, 0) is 65.4 Å². The smallest absolute Gasteiger partial charge is 0.462 e. The van der Waals surface area contributed by atoms with Crippen molar-refractivity contribution in [2.75, 3.05) is 39.6 Å². The van der Waals surface area contributed by atoms with Gasteiger partial charge >= 0.3 is 39.5 Å². The Morgan fingerprint density at radius 2 is 0.600 bits per heavy atom. The molecule has 0 saturated carbocycles. The first kappa shape index (κ1) is 83.1. The van der Waals surface area contributed by atoms with Gasteiger partial charge in [-0.25, -0.2) is 9.13 Å². The molecule has 0 heterocycles. The van der Waals surface area contributed by atoms with Crippen LogP contribution in [0.4, 0.5) is 0 Å². The minimum atomic E-state index is -4.95. The van der Waals surface area contributed by atoms with Crippen LogP contribution in [0.25, 0.3) is 0 Å². The minimum absolute atomic E-state index is 0.103. The molecule has 0 aromatic heterocycles. The lowest BCUT2D eigenvalue weighted by atomic mass is 9.99. The van der Waals surface area contributed by atoms with E-state index in [1.165, 1.54) is 128 Å². The van der Waals surface area contributed by atoms with Gasteiger partial charge in [0, 0.05) is 25.7 Å². The average Bonchev–Trinajstić information content (AvgIpc) is 3.52. The third-order valence-electron chi connectivity index (χ3n) is 15.6. The van der Waals surface area contributed by atoms with Crippen molar-refractivity contribution in [1.29, 1.82) is 0 Å². The van der Waals surface area contributed by atoms with Crippen molar-refractivity contribution >= 4 is 39.5 Å². The lowest BCUT2D eigenvalue weighted by molar-refractivity contribution is -0.161. The van der Waals surface area contributed by atoms with Crippen molar-refractivity contribution in [3.05, 3.63) is 0 Å². The molecule has 6 atom stereocenters. The van der Waals surface area contributed by atoms with Gasteiger partial charge in [0.2, 0.25) is 0 Å². The zero-order chi connectivity index (χ0) is 62.9. The second-order valence-corrected chi connectivity index (χ2v) is 27.5. The molecule has 0 aromatic rings. The summed E-state index contributed by atoms with van der Waals surface area (Å²) in [4.78, 5) is 71.9. The van der Waals surface area contributed by atoms with Crippen LogP contribution in [0.2, 0.25) is 0 Å². The van der Waals surface area contributed by atoms with Gasteiger partial charge in [-0.05, 0) is 37.5 Å². The molecule has 0 aliphatic rings. The molecule has 19 heteroatoms. The first-order valence-electron chi connectivity index (χ1n) is 34.5. The predicted molar refractivity (Wildman–Crippen MR) is 340 cm³/mol. The van der Waals surface area contributed by atoms with Gasteiger partial charge in [-0.1, -0.05) is 279 Å². The lowest BCUT2D eigenvalue weighted by Gasteiger charge is -2.21. The zero-order valence-electron chi connectivity index (χ0n) is 54.9. The first-order valence-corrected chi connectivity index (χ1v) is 37.5. The van der Waals surface area contributed by atoms with Crippen LogP contribution in [0.1, 0.15) is 330 Å². The number of aliphatic hydroxyl groups is 1. The summed E-state index contributed by atoms with van der Waals surface area (Å²) in [5, 5.41) is 10.5. The van der Waals surface area contributed by atoms with Crippen LogP contribution in [-0.4, -0.2) is 96.7 Å². The SMILES string of the molecule is CCCCCCCCCC(=O)O[C@H](COC(=O)CCCCCCC)COP(=O)(O)OC[C@H](O)COP(=O)(O)OC[C@@H](COC(=O)CCCCCCCCCCCCC(C)CC)OC(=O)CCCCCCCCCCCCCCCCCCC(C)C. The number of rotatable bonds is 65. The minimum Gasteiger partial charge on any atom is -0.462 e. The van der Waals surface area contributed by atoms with Crippen molar-refractivity contribution < 1.29 is 80.2 Å². The van der Waals surface area contributed by atoms with E-state index in [0.717, 1.165) is 121 Å². The maximum absolute atomic E-state index is 13.0. The predicted octanol–water partition coefficient (Wildman–Crippen LogP) is 18.4. The quantitative estimate of drug-likeness (QED) is 0.0222. The van der Waals surface area contributed by atoms with Crippen LogP contribution in [0, 0.1) is 11.8 Å². The van der Waals surface area contributed by atoms with E-state index < -0.39 is 97.5 Å². The summed E-state index contributed by atoms with van der Waals surface area (Å²) in [5.74, 6) is -0.527. The molecule has 0 saturated heterocycles. The van der Waals surface area contributed by atoms with Gasteiger partial charge in [-0.2, -0.15) is 0 Å². The molecule has 0 aliphatic carbocycles. The van der Waals surface area contributed by atoms with E-state index in [9.17, 15) is 43.2 Å². The van der Waals surface area contributed by atoms with Crippen molar-refractivity contribution in [3.63, 3.8) is 0 Å². The Kier molecular flexibility index (Phi) is 57.1. The second kappa shape index (κ2) is 58.4. The van der Waals surface area contributed by atoms with Crippen molar-refractivity contribution in [3.8, 4) is 0 Å². The van der Waals surface area contributed by atoms with Gasteiger partial charge in [-0.15, -0.1) is 0 Å². The molecule has 0 spiro atoms. The van der Waals surface area contributed by atoms with E-state index in [-0.39, 0.29) is 25.7 Å². The summed E-state index contributed by atoms with van der Waals surface area (Å²) in [6.45, 7) is 9.44. The topological polar surface area (TPSA) is 237 Å². The van der Waals surface area contributed by atoms with Crippen LogP contribution in [0.5, 0.6) is 0 Å². The van der Waals surface area contributed by atoms with Crippen LogP contribution in [0.15, 0.2) is 0 Å². The van der Waals surface area contributed by atoms with E-state index in [0.29, 0.717) is 25.7 Å². The van der Waals surface area contributed by atoms with Gasteiger partial charge in [0.05, 0.1) is 26.4 Å². The van der Waals surface area contributed by atoms with Crippen molar-refractivity contribution in [2.45, 2.75) is 349 Å². The number of carbonyl (C=O) groups excluding carboxylic acids is 4. The van der Waals surface area contributed by atoms with Gasteiger partial charge < -0.3 is 33.8 Å². The monoisotopic (exact) mass is 1250 g/mol. The van der Waals surface area contributed by atoms with Crippen molar-refractivity contribution in [2.24, 2.45) is 11.8 Å². The fourth-order valence-corrected chi connectivity index (χ4v) is 11.4. The molecule has 504 valence electrons. The summed E-state index contributed by atoms with van der Waals surface area (Å²) >= 11 is 0. The molecule has 3 N–H and O–H groups in total. The maximum Gasteiger partial charge on any atom is 0.472 e. The molecule has 3 unspecified atom stereocenters. The van der Waals surface area contributed by atoms with E-state index in [4.69, 9.17) is 37.0 Å². The molecule has 17 nitrogen and oxygen atoms in total. The Balaban J connectivity index is 5.12. The first-order chi connectivity index (χ1) is 40.9. The van der Waals surface area contributed by atoms with Gasteiger partial charge in [0.15, 0.2) is 12.2 Å². The number of ether oxygens (including phenoxy) is 4. The van der Waals surface area contributed by atoms with Crippen molar-refractivity contribution in [1.82, 2.24) is 0 Å². The number of aliphatic hydroxyl groups excluding tert-OH is 1. The number of carbonyl (C=O) groups is 4. The third kappa shape index (κ3) is 59.5. The van der Waals surface area contributed by atoms with E-state index in [1.54, 1.807) is 0 Å². The third-order valence-corrected chi connectivity index (χ3v) is 17.5. The number of esters is 4. The van der Waals surface area contributed by atoms with Crippen LogP contribution < -0.4 is 0 Å². The van der Waals surface area contributed by atoms with Crippen LogP contribution in [0.3, 0.4) is 0 Å². The second-order valence-electron chi connectivity index (χ2n) is 24.6. The van der Waals surface area contributed by atoms with Crippen LogP contribution >= 0.6 is 15.6 Å². The number of phosphoric ester groups is 2. The number of hydrogen-bond acceptors (Lipinski definition) is 15. The zero-order valence-corrected chi connectivity index (χ0v) is 56.7. The van der Waals surface area contributed by atoms with Gasteiger partial charge in [0.25, 0.3) is 0 Å². The molecule has 0 aromatic carbocycles. The number of hydrogen-bond donors (Lipinski definition) is 3. The van der Waals surface area contributed by atoms with Gasteiger partial charge in [-0.3, -0.25) is 37.3 Å². The largest absolute Gasteiger partial charge is 0.472 e. The number of unbranched alkanes of at least 4 members (excludes halogenated alkanes) is 34. The average molecular weight is 1260 g/mol. The van der Waals surface area contributed by atoms with E-state index in [2.05, 4.69) is 41.5 Å². The fraction of sp³-hybridized carbons (Fsp3) is 0.939. The molecule has 0 amide bonds. The Labute approximate surface area is 517 Å². The Morgan fingerprint density at radius 1 is 0.341 bits per heavy atom. The fourth-order valence-electron chi connectivity index (χ4n) is 9.85. The summed E-state index contributed by atoms with van der Waals surface area (Å²) in [7, 11) is -9.88. The highest BCUT2D eigenvalue weighted by Gasteiger charge is 2.30. The lowest BCUT2D eigenvalue weighted by Crippen LogP contribution is -2.30.